The van der Waals surface area contributed by atoms with Crippen molar-refractivity contribution < 1.29 is 4.74 Å². The zero-order valence-corrected chi connectivity index (χ0v) is 11.6. The third-order valence-corrected chi connectivity index (χ3v) is 2.90. The van der Waals surface area contributed by atoms with Crippen LogP contribution in [-0.2, 0) is 18.3 Å². The molecule has 0 atom stereocenters. The highest BCUT2D eigenvalue weighted by molar-refractivity contribution is 5.81. The summed E-state index contributed by atoms with van der Waals surface area (Å²) in [5, 5.41) is 9.09. The van der Waals surface area contributed by atoms with E-state index < -0.39 is 0 Å². The van der Waals surface area contributed by atoms with Crippen LogP contribution in [0.3, 0.4) is 0 Å². The van der Waals surface area contributed by atoms with Gasteiger partial charge in [0.25, 0.3) is 0 Å². The maximum atomic E-state index is 5.44. The van der Waals surface area contributed by atoms with Crippen LogP contribution in [0.2, 0.25) is 0 Å². The average molecular weight is 259 g/mol. The first-order valence-electron chi connectivity index (χ1n) is 6.52. The van der Waals surface area contributed by atoms with Crippen molar-refractivity contribution in [3.8, 4) is 0 Å². The topological polar surface area (TPSA) is 39.1 Å². The first kappa shape index (κ1) is 13.8. The Labute approximate surface area is 114 Å². The molecule has 102 valence electrons. The number of benzene rings is 1. The molecule has 0 aliphatic rings. The van der Waals surface area contributed by atoms with Gasteiger partial charge in [0.05, 0.1) is 24.4 Å². The molecule has 1 aromatic heterocycles. The lowest BCUT2D eigenvalue weighted by atomic mass is 10.2. The van der Waals surface area contributed by atoms with Gasteiger partial charge in [0.2, 0.25) is 0 Å². The number of aryl methyl sites for hydroxylation is 1. The Bertz CT molecular complexity index is 560. The van der Waals surface area contributed by atoms with Gasteiger partial charge in [0, 0.05) is 25.5 Å². The van der Waals surface area contributed by atoms with Crippen LogP contribution in [0.15, 0.2) is 36.4 Å². The molecule has 0 bridgehead atoms. The summed E-state index contributed by atoms with van der Waals surface area (Å²) in [5.41, 5.74) is 3.30. The molecule has 4 heteroatoms. The Morgan fingerprint density at radius 1 is 1.42 bits per heavy atom. The van der Waals surface area contributed by atoms with E-state index in [1.807, 2.05) is 30.8 Å². The number of hydrogen-bond acceptors (Lipinski definition) is 3. The monoisotopic (exact) mass is 259 g/mol. The molecule has 1 heterocycles. The fraction of sp³-hybridized carbons (Fsp3) is 0.400. The van der Waals surface area contributed by atoms with Gasteiger partial charge in [0.1, 0.15) is 0 Å². The number of aromatic nitrogens is 2. The van der Waals surface area contributed by atoms with Gasteiger partial charge in [-0.15, -0.1) is 0 Å². The highest BCUT2D eigenvalue weighted by Gasteiger charge is 2.06. The Kier molecular flexibility index (Phi) is 4.71. The van der Waals surface area contributed by atoms with E-state index in [0.717, 1.165) is 29.9 Å². The SMILES string of the molecule is C=C(C)COCCNCc1nn(C)c2ccccc12. The van der Waals surface area contributed by atoms with Crippen LogP contribution in [0.1, 0.15) is 12.6 Å². The molecular weight excluding hydrogens is 238 g/mol. The third kappa shape index (κ3) is 3.66. The zero-order valence-electron chi connectivity index (χ0n) is 11.6. The summed E-state index contributed by atoms with van der Waals surface area (Å²) in [7, 11) is 1.97. The zero-order chi connectivity index (χ0) is 13.7. The molecule has 0 aliphatic carbocycles. The molecule has 4 nitrogen and oxygen atoms in total. The van der Waals surface area contributed by atoms with Gasteiger partial charge in [-0.05, 0) is 13.0 Å². The molecule has 0 saturated carbocycles. The van der Waals surface area contributed by atoms with Gasteiger partial charge < -0.3 is 10.1 Å². The number of para-hydroxylation sites is 1. The number of ether oxygens (including phenoxy) is 1. The van der Waals surface area contributed by atoms with Crippen molar-refractivity contribution in [3.05, 3.63) is 42.1 Å². The molecule has 2 aromatic rings. The van der Waals surface area contributed by atoms with Crippen LogP contribution in [0.25, 0.3) is 10.9 Å². The van der Waals surface area contributed by atoms with Gasteiger partial charge in [-0.1, -0.05) is 30.4 Å². The summed E-state index contributed by atoms with van der Waals surface area (Å²) in [4.78, 5) is 0. The van der Waals surface area contributed by atoms with E-state index in [4.69, 9.17) is 4.74 Å². The summed E-state index contributed by atoms with van der Waals surface area (Å²) in [5.74, 6) is 0. The molecule has 1 N–H and O–H groups in total. The fourth-order valence-electron chi connectivity index (χ4n) is 2.02. The van der Waals surface area contributed by atoms with Crippen molar-refractivity contribution in [2.24, 2.45) is 7.05 Å². The van der Waals surface area contributed by atoms with Crippen molar-refractivity contribution in [2.45, 2.75) is 13.5 Å². The van der Waals surface area contributed by atoms with Crippen LogP contribution >= 0.6 is 0 Å². The van der Waals surface area contributed by atoms with E-state index in [-0.39, 0.29) is 0 Å². The number of fused-ring (bicyclic) bond motifs is 1. The van der Waals surface area contributed by atoms with Crippen molar-refractivity contribution in [1.82, 2.24) is 15.1 Å². The summed E-state index contributed by atoms with van der Waals surface area (Å²) in [6.07, 6.45) is 0. The molecule has 2 rings (SSSR count). The number of rotatable bonds is 7. The number of nitrogens with one attached hydrogen (secondary N) is 1. The molecule has 0 radical (unpaired) electrons. The van der Waals surface area contributed by atoms with Crippen LogP contribution in [0.4, 0.5) is 0 Å². The smallest absolute Gasteiger partial charge is 0.0841 e. The molecule has 0 unspecified atom stereocenters. The van der Waals surface area contributed by atoms with Crippen LogP contribution < -0.4 is 5.32 Å². The first-order chi connectivity index (χ1) is 9.18. The Morgan fingerprint density at radius 3 is 3.00 bits per heavy atom. The lowest BCUT2D eigenvalue weighted by Gasteiger charge is -2.04. The lowest BCUT2D eigenvalue weighted by Crippen LogP contribution is -2.20. The van der Waals surface area contributed by atoms with Gasteiger partial charge in [0.15, 0.2) is 0 Å². The molecule has 0 saturated heterocycles. The third-order valence-electron chi connectivity index (χ3n) is 2.90. The predicted molar refractivity (Wildman–Crippen MR) is 78.1 cm³/mol. The van der Waals surface area contributed by atoms with E-state index in [0.29, 0.717) is 13.2 Å². The second-order valence-corrected chi connectivity index (χ2v) is 4.77. The summed E-state index contributed by atoms with van der Waals surface area (Å²) >= 11 is 0. The normalized spacial score (nSPS) is 11.1. The molecular formula is C15H21N3O. The lowest BCUT2D eigenvalue weighted by molar-refractivity contribution is 0.157. The molecule has 0 spiro atoms. The van der Waals surface area contributed by atoms with Crippen molar-refractivity contribution in [1.29, 1.82) is 0 Å². The predicted octanol–water partition coefficient (Wildman–Crippen LogP) is 2.26. The van der Waals surface area contributed by atoms with Crippen LogP contribution in [0.5, 0.6) is 0 Å². The molecule has 19 heavy (non-hydrogen) atoms. The molecule has 0 aliphatic heterocycles. The Hall–Kier alpha value is -1.65. The maximum Gasteiger partial charge on any atom is 0.0841 e. The quantitative estimate of drug-likeness (QED) is 0.612. The van der Waals surface area contributed by atoms with Gasteiger partial charge in [-0.3, -0.25) is 4.68 Å². The fourth-order valence-corrected chi connectivity index (χ4v) is 2.02. The van der Waals surface area contributed by atoms with E-state index >= 15 is 0 Å². The minimum absolute atomic E-state index is 0.633. The Balaban J connectivity index is 1.83. The molecule has 0 fully saturated rings. The largest absolute Gasteiger partial charge is 0.376 e. The van der Waals surface area contributed by atoms with Crippen LogP contribution in [0, 0.1) is 0 Å². The molecule has 1 aromatic carbocycles. The highest BCUT2D eigenvalue weighted by Crippen LogP contribution is 2.16. The van der Waals surface area contributed by atoms with E-state index in [2.05, 4.69) is 29.1 Å². The second-order valence-electron chi connectivity index (χ2n) is 4.77. The molecule has 0 amide bonds. The van der Waals surface area contributed by atoms with Gasteiger partial charge >= 0.3 is 0 Å². The summed E-state index contributed by atoms with van der Waals surface area (Å²) < 4.78 is 7.36. The Morgan fingerprint density at radius 2 is 2.21 bits per heavy atom. The first-order valence-corrected chi connectivity index (χ1v) is 6.52. The van der Waals surface area contributed by atoms with Crippen molar-refractivity contribution in [3.63, 3.8) is 0 Å². The maximum absolute atomic E-state index is 5.44. The van der Waals surface area contributed by atoms with E-state index in [9.17, 15) is 0 Å². The van der Waals surface area contributed by atoms with Gasteiger partial charge in [-0.2, -0.15) is 5.10 Å². The second kappa shape index (κ2) is 6.50. The minimum Gasteiger partial charge on any atom is -0.376 e. The number of nitrogens with zero attached hydrogens (tertiary/aromatic N) is 2. The highest BCUT2D eigenvalue weighted by atomic mass is 16.5. The van der Waals surface area contributed by atoms with Crippen LogP contribution in [-0.4, -0.2) is 29.5 Å². The summed E-state index contributed by atoms with van der Waals surface area (Å²) in [6.45, 7) is 8.67. The van der Waals surface area contributed by atoms with Crippen molar-refractivity contribution in [2.75, 3.05) is 19.8 Å². The standard InChI is InChI=1S/C15H21N3O/c1-12(2)11-19-9-8-16-10-14-13-6-4-5-7-15(13)18(3)17-14/h4-7,16H,1,8-11H2,2-3H3. The number of hydrogen-bond donors (Lipinski definition) is 1. The van der Waals surface area contributed by atoms with Crippen molar-refractivity contribution >= 4 is 10.9 Å². The van der Waals surface area contributed by atoms with E-state index in [1.54, 1.807) is 0 Å². The summed E-state index contributed by atoms with van der Waals surface area (Å²) in [6, 6.07) is 8.27. The average Bonchev–Trinajstić information content (AvgIpc) is 2.71. The van der Waals surface area contributed by atoms with E-state index in [1.165, 1.54) is 5.39 Å². The minimum atomic E-state index is 0.633. The van der Waals surface area contributed by atoms with Gasteiger partial charge in [-0.25, -0.2) is 0 Å².